The van der Waals surface area contributed by atoms with Crippen LogP contribution in [-0.2, 0) is 0 Å². The summed E-state index contributed by atoms with van der Waals surface area (Å²) >= 11 is 0. The summed E-state index contributed by atoms with van der Waals surface area (Å²) in [5.74, 6) is -1.62. The van der Waals surface area contributed by atoms with E-state index in [0.717, 1.165) is 12.8 Å². The third-order valence-electron chi connectivity index (χ3n) is 2.67. The standard InChI is InChI=1S/C12H18F2N2.ClH/c1-8-5-6-9(12(14)11(8)13)10(16)4-2-3-7-15;/h5-6,10H,2-4,7,15-16H2,1H3;1H/t10-;/m1./s1. The van der Waals surface area contributed by atoms with Crippen LogP contribution in [0.4, 0.5) is 8.78 Å². The molecule has 0 aliphatic heterocycles. The number of rotatable bonds is 5. The minimum absolute atomic E-state index is 0. The van der Waals surface area contributed by atoms with Crippen LogP contribution in [0.15, 0.2) is 12.1 Å². The average Bonchev–Trinajstić information content (AvgIpc) is 2.26. The second-order valence-electron chi connectivity index (χ2n) is 3.99. The van der Waals surface area contributed by atoms with Gasteiger partial charge in [0.1, 0.15) is 0 Å². The maximum Gasteiger partial charge on any atom is 0.163 e. The number of aryl methyl sites for hydroxylation is 1. The Morgan fingerprint density at radius 2 is 1.82 bits per heavy atom. The van der Waals surface area contributed by atoms with Gasteiger partial charge in [-0.1, -0.05) is 18.6 Å². The molecular formula is C12H19ClF2N2. The van der Waals surface area contributed by atoms with E-state index in [4.69, 9.17) is 11.5 Å². The molecule has 1 aromatic rings. The predicted octanol–water partition coefficient (Wildman–Crippen LogP) is 2.82. The molecule has 0 aliphatic carbocycles. The SMILES string of the molecule is Cc1ccc([C@H](N)CCCCN)c(F)c1F.Cl. The number of hydrogen-bond donors (Lipinski definition) is 2. The molecule has 0 heterocycles. The maximum atomic E-state index is 13.5. The third kappa shape index (κ3) is 4.22. The van der Waals surface area contributed by atoms with Gasteiger partial charge in [0.15, 0.2) is 11.6 Å². The van der Waals surface area contributed by atoms with E-state index in [9.17, 15) is 8.78 Å². The minimum Gasteiger partial charge on any atom is -0.330 e. The van der Waals surface area contributed by atoms with Crippen LogP contribution in [-0.4, -0.2) is 6.54 Å². The van der Waals surface area contributed by atoms with Crippen LogP contribution >= 0.6 is 12.4 Å². The summed E-state index contributed by atoms with van der Waals surface area (Å²) in [6.45, 7) is 2.12. The second kappa shape index (κ2) is 7.58. The van der Waals surface area contributed by atoms with Crippen LogP contribution in [0, 0.1) is 18.6 Å². The lowest BCUT2D eigenvalue weighted by molar-refractivity contribution is 0.475. The predicted molar refractivity (Wildman–Crippen MR) is 68.2 cm³/mol. The molecule has 5 heteroatoms. The Balaban J connectivity index is 0.00000256. The van der Waals surface area contributed by atoms with Crippen molar-refractivity contribution in [3.63, 3.8) is 0 Å². The largest absolute Gasteiger partial charge is 0.330 e. The first-order valence-electron chi connectivity index (χ1n) is 5.48. The van der Waals surface area contributed by atoms with Crippen molar-refractivity contribution < 1.29 is 8.78 Å². The Bertz CT molecular complexity index is 359. The topological polar surface area (TPSA) is 52.0 Å². The quantitative estimate of drug-likeness (QED) is 0.804. The van der Waals surface area contributed by atoms with E-state index in [1.807, 2.05) is 0 Å². The number of benzene rings is 1. The van der Waals surface area contributed by atoms with Gasteiger partial charge in [0.2, 0.25) is 0 Å². The molecule has 0 fully saturated rings. The van der Waals surface area contributed by atoms with Crippen molar-refractivity contribution in [1.29, 1.82) is 0 Å². The molecule has 1 aromatic carbocycles. The highest BCUT2D eigenvalue weighted by molar-refractivity contribution is 5.85. The number of halogens is 3. The summed E-state index contributed by atoms with van der Waals surface area (Å²) in [4.78, 5) is 0. The number of nitrogens with two attached hydrogens (primary N) is 2. The second-order valence-corrected chi connectivity index (χ2v) is 3.99. The Morgan fingerprint density at radius 1 is 1.18 bits per heavy atom. The van der Waals surface area contributed by atoms with Crippen LogP contribution < -0.4 is 11.5 Å². The normalized spacial score (nSPS) is 12.1. The summed E-state index contributed by atoms with van der Waals surface area (Å²) in [5.41, 5.74) is 11.7. The van der Waals surface area contributed by atoms with Crippen LogP contribution in [0.25, 0.3) is 0 Å². The zero-order valence-electron chi connectivity index (χ0n) is 9.88. The fourth-order valence-corrected chi connectivity index (χ4v) is 1.61. The van der Waals surface area contributed by atoms with Crippen LogP contribution in [0.5, 0.6) is 0 Å². The highest BCUT2D eigenvalue weighted by atomic mass is 35.5. The van der Waals surface area contributed by atoms with E-state index in [1.165, 1.54) is 6.92 Å². The Labute approximate surface area is 107 Å². The van der Waals surface area contributed by atoms with Gasteiger partial charge in [-0.15, -0.1) is 12.4 Å². The Kier molecular flexibility index (Phi) is 7.27. The van der Waals surface area contributed by atoms with Crippen molar-refractivity contribution in [2.75, 3.05) is 6.54 Å². The van der Waals surface area contributed by atoms with E-state index in [2.05, 4.69) is 0 Å². The first-order chi connectivity index (χ1) is 7.57. The summed E-state index contributed by atoms with van der Waals surface area (Å²) in [5, 5.41) is 0. The van der Waals surface area contributed by atoms with Gasteiger partial charge >= 0.3 is 0 Å². The van der Waals surface area contributed by atoms with E-state index >= 15 is 0 Å². The van der Waals surface area contributed by atoms with Crippen molar-refractivity contribution >= 4 is 12.4 Å². The molecule has 0 radical (unpaired) electrons. The van der Waals surface area contributed by atoms with Gasteiger partial charge in [-0.3, -0.25) is 0 Å². The molecule has 98 valence electrons. The maximum absolute atomic E-state index is 13.5. The van der Waals surface area contributed by atoms with Crippen molar-refractivity contribution in [2.24, 2.45) is 11.5 Å². The summed E-state index contributed by atoms with van der Waals surface area (Å²) in [6, 6.07) is 2.65. The molecule has 0 spiro atoms. The van der Waals surface area contributed by atoms with Crippen molar-refractivity contribution in [3.8, 4) is 0 Å². The van der Waals surface area contributed by atoms with Gasteiger partial charge in [0.05, 0.1) is 0 Å². The molecule has 17 heavy (non-hydrogen) atoms. The minimum atomic E-state index is -0.819. The van der Waals surface area contributed by atoms with Gasteiger partial charge < -0.3 is 11.5 Å². The molecule has 4 N–H and O–H groups in total. The molecule has 0 amide bonds. The van der Waals surface area contributed by atoms with Crippen LogP contribution in [0.3, 0.4) is 0 Å². The fourth-order valence-electron chi connectivity index (χ4n) is 1.61. The van der Waals surface area contributed by atoms with Gasteiger partial charge in [0, 0.05) is 11.6 Å². The monoisotopic (exact) mass is 264 g/mol. The van der Waals surface area contributed by atoms with Crippen LogP contribution in [0.1, 0.15) is 36.4 Å². The van der Waals surface area contributed by atoms with Gasteiger partial charge in [0.25, 0.3) is 0 Å². The van der Waals surface area contributed by atoms with Crippen molar-refractivity contribution in [1.82, 2.24) is 0 Å². The summed E-state index contributed by atoms with van der Waals surface area (Å²) < 4.78 is 26.8. The molecule has 0 aromatic heterocycles. The smallest absolute Gasteiger partial charge is 0.163 e. The van der Waals surface area contributed by atoms with Gasteiger partial charge in [-0.25, -0.2) is 8.78 Å². The van der Waals surface area contributed by atoms with Crippen LogP contribution in [0.2, 0.25) is 0 Å². The summed E-state index contributed by atoms with van der Waals surface area (Å²) in [6.07, 6.45) is 2.30. The lowest BCUT2D eigenvalue weighted by Crippen LogP contribution is -2.14. The molecule has 1 rings (SSSR count). The molecule has 0 aliphatic rings. The molecule has 0 saturated heterocycles. The molecule has 2 nitrogen and oxygen atoms in total. The molecule has 0 saturated carbocycles. The lowest BCUT2D eigenvalue weighted by atomic mass is 10.00. The van der Waals surface area contributed by atoms with Crippen molar-refractivity contribution in [2.45, 2.75) is 32.2 Å². The van der Waals surface area contributed by atoms with Gasteiger partial charge in [-0.2, -0.15) is 0 Å². The summed E-state index contributed by atoms with van der Waals surface area (Å²) in [7, 11) is 0. The molecule has 0 unspecified atom stereocenters. The Morgan fingerprint density at radius 3 is 2.41 bits per heavy atom. The zero-order valence-corrected chi connectivity index (χ0v) is 10.7. The van der Waals surface area contributed by atoms with E-state index in [-0.39, 0.29) is 18.0 Å². The molecule has 0 bridgehead atoms. The third-order valence-corrected chi connectivity index (χ3v) is 2.67. The van der Waals surface area contributed by atoms with Crippen molar-refractivity contribution in [3.05, 3.63) is 34.9 Å². The number of unbranched alkanes of at least 4 members (excludes halogenated alkanes) is 1. The highest BCUT2D eigenvalue weighted by Crippen LogP contribution is 2.23. The lowest BCUT2D eigenvalue weighted by Gasteiger charge is -2.13. The first kappa shape index (κ1) is 16.3. The highest BCUT2D eigenvalue weighted by Gasteiger charge is 2.15. The average molecular weight is 265 g/mol. The number of hydrogen-bond acceptors (Lipinski definition) is 2. The first-order valence-corrected chi connectivity index (χ1v) is 5.48. The molecular weight excluding hydrogens is 246 g/mol. The van der Waals surface area contributed by atoms with Gasteiger partial charge in [-0.05, 0) is 31.9 Å². The van der Waals surface area contributed by atoms with E-state index in [0.29, 0.717) is 18.5 Å². The fraction of sp³-hybridized carbons (Fsp3) is 0.500. The zero-order chi connectivity index (χ0) is 12.1. The van der Waals surface area contributed by atoms with E-state index < -0.39 is 17.7 Å². The van der Waals surface area contributed by atoms with E-state index in [1.54, 1.807) is 12.1 Å². The molecule has 1 atom stereocenters. The Hall–Kier alpha value is -0.710.